The van der Waals surface area contributed by atoms with Gasteiger partial charge >= 0.3 is 0 Å². The molecule has 0 bridgehead atoms. The van der Waals surface area contributed by atoms with E-state index >= 15 is 0 Å². The summed E-state index contributed by atoms with van der Waals surface area (Å²) in [5.41, 5.74) is 0. The smallest absolute Gasteiger partial charge is 0.191 e. The van der Waals surface area contributed by atoms with Crippen LogP contribution >= 0.6 is 35.3 Å². The Morgan fingerprint density at radius 3 is 2.78 bits per heavy atom. The third-order valence-corrected chi connectivity index (χ3v) is 4.95. The molecule has 1 atom stereocenters. The molecule has 0 aromatic carbocycles. The second kappa shape index (κ2) is 10.5. The van der Waals surface area contributed by atoms with Crippen molar-refractivity contribution < 1.29 is 0 Å². The number of hydrogen-bond acceptors (Lipinski definition) is 4. The topological polar surface area (TPSA) is 52.6 Å². The third kappa shape index (κ3) is 7.34. The van der Waals surface area contributed by atoms with E-state index in [0.717, 1.165) is 38.1 Å². The summed E-state index contributed by atoms with van der Waals surface area (Å²) in [5.74, 6) is 0.909. The van der Waals surface area contributed by atoms with Crippen LogP contribution < -0.4 is 10.6 Å². The molecule has 1 aromatic rings. The van der Waals surface area contributed by atoms with E-state index in [1.54, 1.807) is 11.3 Å². The number of hydrogen-bond donors (Lipinski definition) is 2. The predicted octanol–water partition coefficient (Wildman–Crippen LogP) is 2.65. The summed E-state index contributed by atoms with van der Waals surface area (Å²) < 4.78 is 0. The molecule has 7 heteroatoms. The summed E-state index contributed by atoms with van der Waals surface area (Å²) >= 11 is 1.77. The van der Waals surface area contributed by atoms with Crippen molar-refractivity contribution in [3.63, 3.8) is 0 Å². The molecule has 23 heavy (non-hydrogen) atoms. The van der Waals surface area contributed by atoms with Crippen LogP contribution in [0.15, 0.2) is 11.2 Å². The minimum Gasteiger partial charge on any atom is -0.357 e. The summed E-state index contributed by atoms with van der Waals surface area (Å²) in [6, 6.07) is 1.28. The Balaban J connectivity index is 0.00000264. The maximum Gasteiger partial charge on any atom is 0.191 e. The first-order valence-corrected chi connectivity index (χ1v) is 9.07. The lowest BCUT2D eigenvalue weighted by Gasteiger charge is -2.23. The minimum absolute atomic E-state index is 0. The largest absolute Gasteiger partial charge is 0.357 e. The number of aliphatic imine (C=N–C) groups is 1. The van der Waals surface area contributed by atoms with Crippen LogP contribution in [-0.2, 0) is 6.42 Å². The fourth-order valence-electron chi connectivity index (χ4n) is 2.34. The van der Waals surface area contributed by atoms with Gasteiger partial charge in [0, 0.05) is 42.7 Å². The highest BCUT2D eigenvalue weighted by atomic mass is 127. The summed E-state index contributed by atoms with van der Waals surface area (Å²) in [7, 11) is 2.21. The average Bonchev–Trinajstić information content (AvgIpc) is 3.27. The van der Waals surface area contributed by atoms with E-state index in [1.807, 2.05) is 6.20 Å². The standard InChI is InChI=1S/C16H29N5S.HI/c1-5-17-16(18-9-8-15-19-11-13(3)22-15)20-10-12(2)21(4)14-6-7-14;/h11-12,14H,5-10H2,1-4H3,(H2,17,18,20);1H. The summed E-state index contributed by atoms with van der Waals surface area (Å²) in [6.07, 6.45) is 5.57. The quantitative estimate of drug-likeness (QED) is 0.363. The molecule has 5 nitrogen and oxygen atoms in total. The van der Waals surface area contributed by atoms with Crippen LogP contribution in [0.4, 0.5) is 0 Å². The third-order valence-electron chi connectivity index (χ3n) is 3.98. The van der Waals surface area contributed by atoms with Gasteiger partial charge in [-0.2, -0.15) is 0 Å². The highest BCUT2D eigenvalue weighted by Gasteiger charge is 2.28. The van der Waals surface area contributed by atoms with Crippen LogP contribution in [0.25, 0.3) is 0 Å². The molecule has 2 rings (SSSR count). The molecule has 0 saturated heterocycles. The number of aromatic nitrogens is 1. The van der Waals surface area contributed by atoms with E-state index in [2.05, 4.69) is 48.3 Å². The Bertz CT molecular complexity index is 487. The van der Waals surface area contributed by atoms with Gasteiger partial charge in [0.15, 0.2) is 5.96 Å². The lowest BCUT2D eigenvalue weighted by atomic mass is 10.3. The van der Waals surface area contributed by atoms with Gasteiger partial charge in [0.05, 0.1) is 11.6 Å². The first-order chi connectivity index (χ1) is 10.6. The van der Waals surface area contributed by atoms with Crippen LogP contribution in [0, 0.1) is 6.92 Å². The molecule has 0 aliphatic heterocycles. The molecule has 1 aliphatic rings. The van der Waals surface area contributed by atoms with Crippen molar-refractivity contribution in [3.05, 3.63) is 16.1 Å². The zero-order valence-electron chi connectivity index (χ0n) is 14.6. The lowest BCUT2D eigenvalue weighted by molar-refractivity contribution is 0.253. The maximum atomic E-state index is 4.72. The van der Waals surface area contributed by atoms with E-state index in [-0.39, 0.29) is 24.0 Å². The molecule has 0 spiro atoms. The van der Waals surface area contributed by atoms with E-state index in [1.165, 1.54) is 22.7 Å². The Kier molecular flexibility index (Phi) is 9.38. The van der Waals surface area contributed by atoms with Gasteiger partial charge in [0.25, 0.3) is 0 Å². The Labute approximate surface area is 161 Å². The number of nitrogens with zero attached hydrogens (tertiary/aromatic N) is 3. The number of nitrogens with one attached hydrogen (secondary N) is 2. The molecule has 132 valence electrons. The maximum absolute atomic E-state index is 4.72. The van der Waals surface area contributed by atoms with Crippen molar-refractivity contribution in [3.8, 4) is 0 Å². The monoisotopic (exact) mass is 451 g/mol. The van der Waals surface area contributed by atoms with Crippen molar-refractivity contribution in [2.75, 3.05) is 26.7 Å². The van der Waals surface area contributed by atoms with E-state index in [9.17, 15) is 0 Å². The van der Waals surface area contributed by atoms with Gasteiger partial charge in [-0.1, -0.05) is 0 Å². The molecule has 2 N–H and O–H groups in total. The van der Waals surface area contributed by atoms with Gasteiger partial charge in [-0.3, -0.25) is 9.89 Å². The Morgan fingerprint density at radius 2 is 2.22 bits per heavy atom. The van der Waals surface area contributed by atoms with Crippen molar-refractivity contribution in [1.82, 2.24) is 20.5 Å². The number of aryl methyl sites for hydroxylation is 1. The van der Waals surface area contributed by atoms with Gasteiger partial charge in [0.2, 0.25) is 0 Å². The Hall–Kier alpha value is -0.410. The number of rotatable bonds is 8. The summed E-state index contributed by atoms with van der Waals surface area (Å²) in [6.45, 7) is 9.03. The second-order valence-electron chi connectivity index (χ2n) is 6.01. The normalized spacial score (nSPS) is 16.1. The van der Waals surface area contributed by atoms with E-state index in [4.69, 9.17) is 4.99 Å². The summed E-state index contributed by atoms with van der Waals surface area (Å²) in [4.78, 5) is 12.8. The molecule has 0 amide bonds. The van der Waals surface area contributed by atoms with E-state index < -0.39 is 0 Å². The number of guanidine groups is 1. The van der Waals surface area contributed by atoms with Crippen molar-refractivity contribution in [2.45, 2.75) is 52.1 Å². The van der Waals surface area contributed by atoms with Crippen LogP contribution in [0.2, 0.25) is 0 Å². The zero-order chi connectivity index (χ0) is 15.9. The van der Waals surface area contributed by atoms with E-state index in [0.29, 0.717) is 6.04 Å². The first kappa shape index (κ1) is 20.6. The molecule has 1 unspecified atom stereocenters. The SMILES string of the molecule is CCNC(=NCC(C)N(C)C1CC1)NCCc1ncc(C)s1.I. The van der Waals surface area contributed by atoms with Gasteiger partial charge in [-0.15, -0.1) is 35.3 Å². The molecule has 1 aromatic heterocycles. The first-order valence-electron chi connectivity index (χ1n) is 8.25. The fraction of sp³-hybridized carbons (Fsp3) is 0.750. The molecular formula is C16H30IN5S. The van der Waals surface area contributed by atoms with Gasteiger partial charge in [-0.25, -0.2) is 4.98 Å². The average molecular weight is 451 g/mol. The molecule has 1 saturated carbocycles. The van der Waals surface area contributed by atoms with Crippen LogP contribution in [0.1, 0.15) is 36.6 Å². The molecule has 1 fully saturated rings. The predicted molar refractivity (Wildman–Crippen MR) is 110 cm³/mol. The highest BCUT2D eigenvalue weighted by Crippen LogP contribution is 2.26. The van der Waals surface area contributed by atoms with Gasteiger partial charge < -0.3 is 10.6 Å². The van der Waals surface area contributed by atoms with Crippen LogP contribution in [0.5, 0.6) is 0 Å². The summed E-state index contributed by atoms with van der Waals surface area (Å²) in [5, 5.41) is 7.90. The second-order valence-corrected chi connectivity index (χ2v) is 7.33. The van der Waals surface area contributed by atoms with Crippen molar-refractivity contribution in [1.29, 1.82) is 0 Å². The fourth-order valence-corrected chi connectivity index (χ4v) is 3.13. The number of likely N-dealkylation sites (N-methyl/N-ethyl adjacent to an activating group) is 1. The number of thiazole rings is 1. The van der Waals surface area contributed by atoms with Crippen LogP contribution in [-0.4, -0.2) is 54.6 Å². The molecular weight excluding hydrogens is 421 g/mol. The molecule has 1 heterocycles. The van der Waals surface area contributed by atoms with Crippen molar-refractivity contribution in [2.24, 2.45) is 4.99 Å². The molecule has 0 radical (unpaired) electrons. The number of halogens is 1. The Morgan fingerprint density at radius 1 is 1.48 bits per heavy atom. The van der Waals surface area contributed by atoms with Crippen LogP contribution in [0.3, 0.4) is 0 Å². The zero-order valence-corrected chi connectivity index (χ0v) is 17.8. The van der Waals surface area contributed by atoms with Crippen molar-refractivity contribution >= 4 is 41.3 Å². The van der Waals surface area contributed by atoms with Gasteiger partial charge in [0.1, 0.15) is 0 Å². The minimum atomic E-state index is 0. The van der Waals surface area contributed by atoms with Gasteiger partial charge in [-0.05, 0) is 40.7 Å². The highest BCUT2D eigenvalue weighted by molar-refractivity contribution is 14.0. The lowest BCUT2D eigenvalue weighted by Crippen LogP contribution is -2.40. The molecule has 1 aliphatic carbocycles.